The van der Waals surface area contributed by atoms with E-state index in [4.69, 9.17) is 4.98 Å². The molecule has 21 heavy (non-hydrogen) atoms. The predicted molar refractivity (Wildman–Crippen MR) is 91.5 cm³/mol. The van der Waals surface area contributed by atoms with E-state index in [1.54, 1.807) is 0 Å². The van der Waals surface area contributed by atoms with Crippen molar-refractivity contribution >= 4 is 22.3 Å². The van der Waals surface area contributed by atoms with Crippen LogP contribution in [0.2, 0.25) is 0 Å². The molecule has 3 nitrogen and oxygen atoms in total. The van der Waals surface area contributed by atoms with Crippen LogP contribution in [0, 0.1) is 6.92 Å². The highest BCUT2D eigenvalue weighted by Crippen LogP contribution is 2.32. The van der Waals surface area contributed by atoms with Gasteiger partial charge in [0.05, 0.1) is 5.52 Å². The van der Waals surface area contributed by atoms with Gasteiger partial charge in [-0.1, -0.05) is 6.92 Å². The van der Waals surface area contributed by atoms with Gasteiger partial charge in [0.25, 0.3) is 0 Å². The molecule has 1 N–H and O–H groups in total. The Labute approximate surface area is 127 Å². The van der Waals surface area contributed by atoms with Crippen LogP contribution in [0.1, 0.15) is 37.4 Å². The van der Waals surface area contributed by atoms with Gasteiger partial charge >= 0.3 is 0 Å². The van der Waals surface area contributed by atoms with E-state index < -0.39 is 0 Å². The topological polar surface area (TPSA) is 28.2 Å². The molecule has 0 atom stereocenters. The third kappa shape index (κ3) is 2.57. The van der Waals surface area contributed by atoms with E-state index in [0.717, 1.165) is 17.6 Å². The van der Waals surface area contributed by atoms with Gasteiger partial charge in [-0.05, 0) is 56.4 Å². The molecule has 0 aliphatic carbocycles. The number of piperidine rings is 1. The van der Waals surface area contributed by atoms with Crippen molar-refractivity contribution in [3.63, 3.8) is 0 Å². The minimum atomic E-state index is 1.01. The summed E-state index contributed by atoms with van der Waals surface area (Å²) in [6.45, 7) is 6.67. The minimum absolute atomic E-state index is 1.01. The Balaban J connectivity index is 2.12. The SMILES string of the molecule is CCc1c(C)nc2ccc(N3CCCCC3)cc2c1NC. The smallest absolute Gasteiger partial charge is 0.0727 e. The first-order valence-corrected chi connectivity index (χ1v) is 8.10. The van der Waals surface area contributed by atoms with Crippen molar-refractivity contribution in [3.8, 4) is 0 Å². The molecule has 1 saturated heterocycles. The molecule has 1 aromatic carbocycles. The van der Waals surface area contributed by atoms with Crippen LogP contribution in [0.3, 0.4) is 0 Å². The fraction of sp³-hybridized carbons (Fsp3) is 0.500. The molecule has 2 aromatic rings. The molecule has 1 fully saturated rings. The summed E-state index contributed by atoms with van der Waals surface area (Å²) < 4.78 is 0. The highest BCUT2D eigenvalue weighted by Gasteiger charge is 2.14. The molecule has 2 heterocycles. The van der Waals surface area contributed by atoms with Crippen LogP contribution in [0.5, 0.6) is 0 Å². The maximum absolute atomic E-state index is 4.78. The quantitative estimate of drug-likeness (QED) is 0.917. The Bertz CT molecular complexity index is 642. The van der Waals surface area contributed by atoms with E-state index in [-0.39, 0.29) is 0 Å². The fourth-order valence-corrected chi connectivity index (χ4v) is 3.48. The number of anilines is 2. The average molecular weight is 283 g/mol. The summed E-state index contributed by atoms with van der Waals surface area (Å²) in [5.74, 6) is 0. The lowest BCUT2D eigenvalue weighted by molar-refractivity contribution is 0.578. The summed E-state index contributed by atoms with van der Waals surface area (Å²) in [5, 5.41) is 4.65. The van der Waals surface area contributed by atoms with Crippen molar-refractivity contribution in [2.24, 2.45) is 0 Å². The zero-order valence-corrected chi connectivity index (χ0v) is 13.4. The van der Waals surface area contributed by atoms with Crippen LogP contribution in [0.15, 0.2) is 18.2 Å². The van der Waals surface area contributed by atoms with Crippen molar-refractivity contribution in [3.05, 3.63) is 29.5 Å². The normalized spacial score (nSPS) is 15.5. The molecule has 3 rings (SSSR count). The third-order valence-electron chi connectivity index (χ3n) is 4.60. The van der Waals surface area contributed by atoms with Gasteiger partial charge in [-0.15, -0.1) is 0 Å². The lowest BCUT2D eigenvalue weighted by Crippen LogP contribution is -2.29. The monoisotopic (exact) mass is 283 g/mol. The van der Waals surface area contributed by atoms with Crippen molar-refractivity contribution in [2.45, 2.75) is 39.5 Å². The molecule has 0 radical (unpaired) electrons. The van der Waals surface area contributed by atoms with Gasteiger partial charge in [-0.25, -0.2) is 0 Å². The molecule has 0 bridgehead atoms. The number of aryl methyl sites for hydroxylation is 1. The summed E-state index contributed by atoms with van der Waals surface area (Å²) in [6.07, 6.45) is 5.00. The molecule has 1 aliphatic heterocycles. The van der Waals surface area contributed by atoms with E-state index in [0.29, 0.717) is 0 Å². The van der Waals surface area contributed by atoms with Crippen molar-refractivity contribution in [1.29, 1.82) is 0 Å². The number of benzene rings is 1. The Morgan fingerprint density at radius 3 is 2.62 bits per heavy atom. The van der Waals surface area contributed by atoms with E-state index in [2.05, 4.69) is 42.3 Å². The van der Waals surface area contributed by atoms with Gasteiger partial charge in [-0.3, -0.25) is 4.98 Å². The van der Waals surface area contributed by atoms with Crippen LogP contribution in [-0.2, 0) is 6.42 Å². The van der Waals surface area contributed by atoms with Crippen LogP contribution in [-0.4, -0.2) is 25.1 Å². The predicted octanol–water partition coefficient (Wildman–Crippen LogP) is 4.14. The lowest BCUT2D eigenvalue weighted by atomic mass is 10.0. The largest absolute Gasteiger partial charge is 0.387 e. The summed E-state index contributed by atoms with van der Waals surface area (Å²) in [7, 11) is 2.01. The van der Waals surface area contributed by atoms with Gasteiger partial charge in [0.15, 0.2) is 0 Å². The Hall–Kier alpha value is -1.77. The Morgan fingerprint density at radius 2 is 1.95 bits per heavy atom. The molecule has 112 valence electrons. The maximum Gasteiger partial charge on any atom is 0.0727 e. The van der Waals surface area contributed by atoms with Gasteiger partial charge in [0, 0.05) is 42.6 Å². The number of rotatable bonds is 3. The molecule has 0 unspecified atom stereocenters. The summed E-state index contributed by atoms with van der Waals surface area (Å²) in [4.78, 5) is 7.29. The number of fused-ring (bicyclic) bond motifs is 1. The second kappa shape index (κ2) is 5.92. The summed E-state index contributed by atoms with van der Waals surface area (Å²) >= 11 is 0. The lowest BCUT2D eigenvalue weighted by Gasteiger charge is -2.29. The molecule has 1 aromatic heterocycles. The zero-order chi connectivity index (χ0) is 14.8. The standard InChI is InChI=1S/C18H25N3/c1-4-15-13(2)20-17-9-8-14(12-16(17)18(15)19-3)21-10-6-5-7-11-21/h8-9,12H,4-7,10-11H2,1-3H3,(H,19,20). The van der Waals surface area contributed by atoms with Gasteiger partial charge in [0.1, 0.15) is 0 Å². The third-order valence-corrected chi connectivity index (χ3v) is 4.60. The Morgan fingerprint density at radius 1 is 1.19 bits per heavy atom. The van der Waals surface area contributed by atoms with E-state index in [1.165, 1.54) is 54.7 Å². The molecule has 3 heteroatoms. The first-order valence-electron chi connectivity index (χ1n) is 8.10. The number of hydrogen-bond donors (Lipinski definition) is 1. The number of hydrogen-bond acceptors (Lipinski definition) is 3. The Kier molecular flexibility index (Phi) is 4.00. The van der Waals surface area contributed by atoms with Gasteiger partial charge in [0.2, 0.25) is 0 Å². The van der Waals surface area contributed by atoms with E-state index in [9.17, 15) is 0 Å². The molecule has 0 spiro atoms. The van der Waals surface area contributed by atoms with Gasteiger partial charge < -0.3 is 10.2 Å². The number of pyridine rings is 1. The van der Waals surface area contributed by atoms with Crippen LogP contribution < -0.4 is 10.2 Å². The minimum Gasteiger partial charge on any atom is -0.387 e. The number of nitrogens with one attached hydrogen (secondary N) is 1. The van der Waals surface area contributed by atoms with Gasteiger partial charge in [-0.2, -0.15) is 0 Å². The van der Waals surface area contributed by atoms with E-state index in [1.807, 2.05) is 7.05 Å². The highest BCUT2D eigenvalue weighted by atomic mass is 15.1. The second-order valence-electron chi connectivity index (χ2n) is 5.90. The molecular formula is C18H25N3. The van der Waals surface area contributed by atoms with Crippen LogP contribution >= 0.6 is 0 Å². The van der Waals surface area contributed by atoms with Crippen molar-refractivity contribution in [2.75, 3.05) is 30.4 Å². The first kappa shape index (κ1) is 14.2. The summed E-state index contributed by atoms with van der Waals surface area (Å²) in [6, 6.07) is 6.72. The zero-order valence-electron chi connectivity index (χ0n) is 13.4. The first-order chi connectivity index (χ1) is 10.2. The second-order valence-corrected chi connectivity index (χ2v) is 5.90. The van der Waals surface area contributed by atoms with Crippen LogP contribution in [0.4, 0.5) is 11.4 Å². The number of aromatic nitrogens is 1. The average Bonchev–Trinajstić information content (AvgIpc) is 2.54. The van der Waals surface area contributed by atoms with Crippen molar-refractivity contribution in [1.82, 2.24) is 4.98 Å². The molecular weight excluding hydrogens is 258 g/mol. The highest BCUT2D eigenvalue weighted by molar-refractivity contribution is 5.95. The molecule has 0 amide bonds. The summed E-state index contributed by atoms with van der Waals surface area (Å²) in [5.41, 5.74) is 6.15. The molecule has 1 aliphatic rings. The van der Waals surface area contributed by atoms with E-state index >= 15 is 0 Å². The number of nitrogens with zero attached hydrogens (tertiary/aromatic N) is 2. The fourth-order valence-electron chi connectivity index (χ4n) is 3.48. The van der Waals surface area contributed by atoms with Crippen molar-refractivity contribution < 1.29 is 0 Å². The maximum atomic E-state index is 4.78. The van der Waals surface area contributed by atoms with Crippen LogP contribution in [0.25, 0.3) is 10.9 Å². The molecule has 0 saturated carbocycles.